The molecule has 0 aliphatic carbocycles. The van der Waals surface area contributed by atoms with Crippen LogP contribution >= 0.6 is 0 Å². The molecule has 0 amide bonds. The maximum Gasteiger partial charge on any atom is 0.410 e. The van der Waals surface area contributed by atoms with Gasteiger partial charge in [-0.25, -0.2) is 13.9 Å². The molecule has 144 valence electrons. The fraction of sp³-hybridized carbons (Fsp3) is 0.353. The number of hydrogen-bond donors (Lipinski definition) is 1. The molecule has 1 aliphatic rings. The first-order chi connectivity index (χ1) is 12.6. The summed E-state index contributed by atoms with van der Waals surface area (Å²) in [7, 11) is 0. The van der Waals surface area contributed by atoms with Crippen molar-refractivity contribution in [1.29, 1.82) is 0 Å². The Hall–Kier alpha value is -2.91. The van der Waals surface area contributed by atoms with E-state index in [1.807, 2.05) is 0 Å². The summed E-state index contributed by atoms with van der Waals surface area (Å²) in [4.78, 5) is 24.0. The first-order valence-corrected chi connectivity index (χ1v) is 8.04. The molecule has 3 rings (SSSR count). The van der Waals surface area contributed by atoms with Gasteiger partial charge >= 0.3 is 12.1 Å². The number of rotatable bonds is 4. The zero-order chi connectivity index (χ0) is 19.8. The first-order valence-electron chi connectivity index (χ1n) is 8.04. The topological polar surface area (TPSA) is 73.2 Å². The van der Waals surface area contributed by atoms with Crippen LogP contribution in [0.5, 0.6) is 0 Å². The van der Waals surface area contributed by atoms with Crippen LogP contribution < -0.4 is 5.32 Å². The molecule has 27 heavy (non-hydrogen) atoms. The van der Waals surface area contributed by atoms with Crippen LogP contribution in [0.25, 0.3) is 0 Å². The van der Waals surface area contributed by atoms with Gasteiger partial charge in [-0.05, 0) is 37.6 Å². The number of aromatic nitrogens is 2. The van der Waals surface area contributed by atoms with Gasteiger partial charge in [0.15, 0.2) is 24.1 Å². The lowest BCUT2D eigenvalue weighted by atomic mass is 10.1. The van der Waals surface area contributed by atoms with Crippen molar-refractivity contribution < 1.29 is 31.9 Å². The second-order valence-electron chi connectivity index (χ2n) is 6.20. The number of halogens is 4. The molecule has 2 heterocycles. The van der Waals surface area contributed by atoms with E-state index in [-0.39, 0.29) is 23.5 Å². The van der Waals surface area contributed by atoms with Gasteiger partial charge < -0.3 is 10.1 Å². The third kappa shape index (κ3) is 4.09. The largest absolute Gasteiger partial charge is 0.453 e. The van der Waals surface area contributed by atoms with E-state index >= 15 is 0 Å². The number of anilines is 1. The summed E-state index contributed by atoms with van der Waals surface area (Å²) in [6, 6.07) is 3.49. The number of hydrogen-bond acceptors (Lipinski definition) is 5. The van der Waals surface area contributed by atoms with Crippen LogP contribution in [0.2, 0.25) is 0 Å². The second kappa shape index (κ2) is 7.01. The van der Waals surface area contributed by atoms with Crippen molar-refractivity contribution in [3.63, 3.8) is 0 Å². The van der Waals surface area contributed by atoms with Crippen molar-refractivity contribution >= 4 is 17.6 Å². The van der Waals surface area contributed by atoms with Crippen LogP contribution in [-0.4, -0.2) is 40.4 Å². The average Bonchev–Trinajstić information content (AvgIpc) is 3.02. The van der Waals surface area contributed by atoms with E-state index in [0.29, 0.717) is 4.68 Å². The van der Waals surface area contributed by atoms with Gasteiger partial charge in [-0.15, -0.1) is 0 Å². The molecule has 1 aliphatic heterocycles. The van der Waals surface area contributed by atoms with Gasteiger partial charge in [0, 0.05) is 17.7 Å². The van der Waals surface area contributed by atoms with Crippen molar-refractivity contribution in [3.05, 3.63) is 47.4 Å². The summed E-state index contributed by atoms with van der Waals surface area (Å²) in [6.45, 7) is 0.952. The highest BCUT2D eigenvalue weighted by Gasteiger charge is 2.45. The first kappa shape index (κ1) is 18.9. The molecule has 0 fully saturated rings. The van der Waals surface area contributed by atoms with Crippen LogP contribution in [0.3, 0.4) is 0 Å². The van der Waals surface area contributed by atoms with E-state index in [2.05, 4.69) is 10.4 Å². The molecule has 1 aromatic heterocycles. The van der Waals surface area contributed by atoms with Gasteiger partial charge in [0.2, 0.25) is 0 Å². The fourth-order valence-electron chi connectivity index (χ4n) is 2.78. The van der Waals surface area contributed by atoms with Crippen LogP contribution in [0.15, 0.2) is 30.3 Å². The van der Waals surface area contributed by atoms with Crippen molar-refractivity contribution in [2.45, 2.75) is 31.6 Å². The number of Topliss-reactive ketones (excluding diaryl/α,β-unsaturated/α-hetero) is 1. The number of carbonyl (C=O) groups is 2. The SMILES string of the molecule is C[C@@H]1C[C@@H](C(F)(F)F)n2nc(C(=O)OCC(=O)c3ccc(F)cc3)cc2N1. The van der Waals surface area contributed by atoms with Crippen LogP contribution in [0.1, 0.15) is 40.2 Å². The minimum absolute atomic E-state index is 0.0490. The van der Waals surface area contributed by atoms with E-state index in [1.54, 1.807) is 6.92 Å². The lowest BCUT2D eigenvalue weighted by Crippen LogP contribution is -2.37. The number of ether oxygens (including phenoxy) is 1. The van der Waals surface area contributed by atoms with Crippen LogP contribution in [0.4, 0.5) is 23.4 Å². The van der Waals surface area contributed by atoms with Gasteiger partial charge in [0.25, 0.3) is 0 Å². The minimum atomic E-state index is -4.52. The maximum atomic E-state index is 13.2. The third-order valence-electron chi connectivity index (χ3n) is 4.09. The summed E-state index contributed by atoms with van der Waals surface area (Å²) < 4.78 is 58.0. The quantitative estimate of drug-likeness (QED) is 0.496. The van der Waals surface area contributed by atoms with E-state index in [1.165, 1.54) is 12.1 Å². The summed E-state index contributed by atoms with van der Waals surface area (Å²) >= 11 is 0. The second-order valence-corrected chi connectivity index (χ2v) is 6.20. The Morgan fingerprint density at radius 3 is 2.59 bits per heavy atom. The fourth-order valence-corrected chi connectivity index (χ4v) is 2.78. The summed E-state index contributed by atoms with van der Waals surface area (Å²) in [5.41, 5.74) is -0.200. The molecule has 6 nitrogen and oxygen atoms in total. The van der Waals surface area contributed by atoms with E-state index < -0.39 is 42.4 Å². The van der Waals surface area contributed by atoms with E-state index in [4.69, 9.17) is 4.74 Å². The predicted octanol–water partition coefficient (Wildman–Crippen LogP) is 3.37. The molecule has 2 aromatic rings. The summed E-state index contributed by atoms with van der Waals surface area (Å²) in [5, 5.41) is 6.52. The molecule has 0 saturated carbocycles. The third-order valence-corrected chi connectivity index (χ3v) is 4.09. The molecule has 0 unspecified atom stereocenters. The smallest absolute Gasteiger partial charge is 0.410 e. The Kier molecular flexibility index (Phi) is 4.90. The van der Waals surface area contributed by atoms with Gasteiger partial charge in [-0.2, -0.15) is 18.3 Å². The number of esters is 1. The Bertz CT molecular complexity index is 861. The van der Waals surface area contributed by atoms with Gasteiger partial charge in [0.05, 0.1) is 0 Å². The lowest BCUT2D eigenvalue weighted by Gasteiger charge is -2.31. The normalized spacial score (nSPS) is 19.1. The zero-order valence-electron chi connectivity index (χ0n) is 14.1. The van der Waals surface area contributed by atoms with Crippen molar-refractivity contribution in [2.75, 3.05) is 11.9 Å². The highest BCUT2D eigenvalue weighted by molar-refractivity contribution is 5.99. The number of alkyl halides is 3. The molecule has 1 aromatic carbocycles. The summed E-state index contributed by atoms with van der Waals surface area (Å²) in [6.07, 6.45) is -4.74. The highest BCUT2D eigenvalue weighted by Crippen LogP contribution is 2.39. The standard InChI is InChI=1S/C17H15F4N3O3/c1-9-6-14(17(19,20)21)24-15(22-9)7-12(23-24)16(26)27-8-13(25)10-2-4-11(18)5-3-10/h2-5,7,9,14,22H,6,8H2,1H3/t9-,14+/m1/s1. The molecule has 0 radical (unpaired) electrons. The molecule has 0 spiro atoms. The van der Waals surface area contributed by atoms with E-state index in [9.17, 15) is 27.2 Å². The number of nitrogens with zero attached hydrogens (tertiary/aromatic N) is 2. The Morgan fingerprint density at radius 2 is 1.96 bits per heavy atom. The summed E-state index contributed by atoms with van der Waals surface area (Å²) in [5.74, 6) is -2.07. The van der Waals surface area contributed by atoms with Crippen LogP contribution in [0, 0.1) is 5.82 Å². The van der Waals surface area contributed by atoms with Crippen LogP contribution in [-0.2, 0) is 4.74 Å². The molecular formula is C17H15F4N3O3. The van der Waals surface area contributed by atoms with E-state index in [0.717, 1.165) is 18.2 Å². The van der Waals surface area contributed by atoms with Crippen molar-refractivity contribution in [1.82, 2.24) is 9.78 Å². The number of fused-ring (bicyclic) bond motifs is 1. The zero-order valence-corrected chi connectivity index (χ0v) is 14.1. The number of ketones is 1. The Balaban J connectivity index is 1.71. The molecule has 1 N–H and O–H groups in total. The molecule has 2 atom stereocenters. The number of benzene rings is 1. The van der Waals surface area contributed by atoms with Crippen molar-refractivity contribution in [3.8, 4) is 0 Å². The molecule has 0 bridgehead atoms. The van der Waals surface area contributed by atoms with Gasteiger partial charge in [0.1, 0.15) is 11.6 Å². The minimum Gasteiger partial charge on any atom is -0.453 e. The predicted molar refractivity (Wildman–Crippen MR) is 86.0 cm³/mol. The molecule has 0 saturated heterocycles. The monoisotopic (exact) mass is 385 g/mol. The van der Waals surface area contributed by atoms with Gasteiger partial charge in [-0.1, -0.05) is 0 Å². The number of nitrogens with one attached hydrogen (secondary N) is 1. The lowest BCUT2D eigenvalue weighted by molar-refractivity contribution is -0.173. The Labute approximate surface area is 151 Å². The average molecular weight is 385 g/mol. The van der Waals surface area contributed by atoms with Gasteiger partial charge in [-0.3, -0.25) is 4.79 Å². The van der Waals surface area contributed by atoms with Crippen molar-refractivity contribution in [2.24, 2.45) is 0 Å². The molecular weight excluding hydrogens is 370 g/mol. The highest BCUT2D eigenvalue weighted by atomic mass is 19.4. The molecule has 10 heteroatoms. The Morgan fingerprint density at radius 1 is 1.30 bits per heavy atom. The maximum absolute atomic E-state index is 13.2. The number of carbonyl (C=O) groups excluding carboxylic acids is 2.